The quantitative estimate of drug-likeness (QED) is 0.180. The first-order valence-electron chi connectivity index (χ1n) is 8.70. The Labute approximate surface area is 194 Å². The van der Waals surface area contributed by atoms with Crippen LogP contribution in [0.25, 0.3) is 0 Å². The van der Waals surface area contributed by atoms with Crippen LogP contribution in [0, 0.1) is 0 Å². The standard InChI is InChI=1S/C16H12F17NO3/c1-6(2)7(35)37-5-4-34(3)8(36)9(17,18)10(19,20)11(21,22)12(23,24)13(25,26)14(27,28)15(29,30)16(31,32)33/h1,4-5H2,2-3H3. The molecule has 0 rings (SSSR count). The number of ether oxygens (including phenoxy) is 1. The van der Waals surface area contributed by atoms with Crippen molar-refractivity contribution in [2.75, 3.05) is 20.2 Å². The number of carbonyl (C=O) groups is 2. The minimum Gasteiger partial charge on any atom is -0.460 e. The van der Waals surface area contributed by atoms with Crippen molar-refractivity contribution in [3.63, 3.8) is 0 Å². The molecule has 4 nitrogen and oxygen atoms in total. The second-order valence-electron chi connectivity index (χ2n) is 7.16. The van der Waals surface area contributed by atoms with Gasteiger partial charge in [-0.2, -0.15) is 74.6 Å². The maximum Gasteiger partial charge on any atom is 0.460 e. The second-order valence-corrected chi connectivity index (χ2v) is 7.16. The molecule has 0 spiro atoms. The van der Waals surface area contributed by atoms with Crippen molar-refractivity contribution in [2.45, 2.75) is 54.6 Å². The van der Waals surface area contributed by atoms with E-state index >= 15 is 0 Å². The van der Waals surface area contributed by atoms with Crippen molar-refractivity contribution in [3.8, 4) is 0 Å². The molecule has 0 bridgehead atoms. The summed E-state index contributed by atoms with van der Waals surface area (Å²) in [6.07, 6.45) is -7.86. The Morgan fingerprint density at radius 2 is 0.973 bits per heavy atom. The average molecular weight is 589 g/mol. The van der Waals surface area contributed by atoms with Crippen LogP contribution in [-0.2, 0) is 14.3 Å². The van der Waals surface area contributed by atoms with Gasteiger partial charge >= 0.3 is 53.6 Å². The molecule has 0 fully saturated rings. The van der Waals surface area contributed by atoms with E-state index in [4.69, 9.17) is 0 Å². The summed E-state index contributed by atoms with van der Waals surface area (Å²) in [6, 6.07) is 0. The highest BCUT2D eigenvalue weighted by Crippen LogP contribution is 2.64. The van der Waals surface area contributed by atoms with Crippen molar-refractivity contribution >= 4 is 11.9 Å². The lowest BCUT2D eigenvalue weighted by molar-refractivity contribution is -0.459. The first kappa shape index (κ1) is 34.5. The zero-order valence-electron chi connectivity index (χ0n) is 17.7. The van der Waals surface area contributed by atoms with E-state index in [1.54, 1.807) is 0 Å². The first-order chi connectivity index (χ1) is 15.9. The zero-order chi connectivity index (χ0) is 30.4. The number of hydrogen-bond acceptors (Lipinski definition) is 3. The Morgan fingerprint density at radius 1 is 0.649 bits per heavy atom. The van der Waals surface area contributed by atoms with Crippen molar-refractivity contribution < 1.29 is 89.0 Å². The molecule has 0 aliphatic heterocycles. The number of halogens is 17. The predicted molar refractivity (Wildman–Crippen MR) is 84.1 cm³/mol. The molecule has 21 heteroatoms. The maximum atomic E-state index is 13.9. The number of carbonyl (C=O) groups excluding carboxylic acids is 2. The number of likely N-dealkylation sites (N-methyl/N-ethyl adjacent to an activating group) is 1. The molecule has 0 atom stereocenters. The van der Waals surface area contributed by atoms with E-state index in [1.807, 2.05) is 0 Å². The SMILES string of the molecule is C=C(C)C(=O)OCCN(C)C(=O)C(F)(F)C(F)(F)C(F)(F)C(F)(F)C(F)(F)C(F)(F)C(F)(F)C(F)(F)F. The fraction of sp³-hybridized carbons (Fsp3) is 0.750. The van der Waals surface area contributed by atoms with Crippen LogP contribution in [0.15, 0.2) is 12.2 Å². The maximum absolute atomic E-state index is 13.9. The van der Waals surface area contributed by atoms with Gasteiger partial charge in [0.1, 0.15) is 6.61 Å². The van der Waals surface area contributed by atoms with E-state index in [2.05, 4.69) is 11.3 Å². The van der Waals surface area contributed by atoms with E-state index in [0.29, 0.717) is 0 Å². The summed E-state index contributed by atoms with van der Waals surface area (Å²) in [5, 5.41) is 0. The smallest absolute Gasteiger partial charge is 0.460 e. The summed E-state index contributed by atoms with van der Waals surface area (Å²) in [5.74, 6) is -63.3. The van der Waals surface area contributed by atoms with E-state index in [-0.39, 0.29) is 12.6 Å². The molecule has 0 aromatic heterocycles. The third-order valence-electron chi connectivity index (χ3n) is 4.35. The van der Waals surface area contributed by atoms with Gasteiger partial charge in [0.05, 0.1) is 6.54 Å². The van der Waals surface area contributed by atoms with Gasteiger partial charge in [0.25, 0.3) is 5.91 Å². The summed E-state index contributed by atoms with van der Waals surface area (Å²) in [6.45, 7) is 1.49. The predicted octanol–water partition coefficient (Wildman–Crippen LogP) is 5.57. The minimum atomic E-state index is -8.78. The largest absolute Gasteiger partial charge is 0.460 e. The van der Waals surface area contributed by atoms with Crippen LogP contribution < -0.4 is 0 Å². The van der Waals surface area contributed by atoms with Crippen LogP contribution in [0.5, 0.6) is 0 Å². The van der Waals surface area contributed by atoms with Crippen LogP contribution in [0.3, 0.4) is 0 Å². The van der Waals surface area contributed by atoms with E-state index in [1.165, 1.54) is 0 Å². The molecule has 0 aromatic rings. The lowest BCUT2D eigenvalue weighted by Crippen LogP contribution is -2.75. The van der Waals surface area contributed by atoms with Gasteiger partial charge in [-0.25, -0.2) is 4.79 Å². The molecule has 1 amide bonds. The van der Waals surface area contributed by atoms with Gasteiger partial charge in [-0.05, 0) is 6.92 Å². The lowest BCUT2D eigenvalue weighted by atomic mass is 9.88. The molecule has 0 unspecified atom stereocenters. The van der Waals surface area contributed by atoms with Crippen molar-refractivity contribution in [2.24, 2.45) is 0 Å². The molecule has 0 aromatic carbocycles. The van der Waals surface area contributed by atoms with Crippen LogP contribution in [0.2, 0.25) is 0 Å². The molecule has 218 valence electrons. The Kier molecular flexibility index (Phi) is 9.01. The molecule has 0 saturated carbocycles. The number of amides is 1. The first-order valence-corrected chi connectivity index (χ1v) is 8.70. The third kappa shape index (κ3) is 5.13. The summed E-state index contributed by atoms with van der Waals surface area (Å²) in [5.41, 5.74) is -0.346. The number of nitrogens with zero attached hydrogens (tertiary/aromatic N) is 1. The zero-order valence-corrected chi connectivity index (χ0v) is 17.7. The molecule has 0 radical (unpaired) electrons. The van der Waals surface area contributed by atoms with E-state index in [0.717, 1.165) is 6.92 Å². The summed E-state index contributed by atoms with van der Waals surface area (Å²) in [4.78, 5) is 21.8. The van der Waals surface area contributed by atoms with Crippen molar-refractivity contribution in [1.29, 1.82) is 0 Å². The highest BCUT2D eigenvalue weighted by molar-refractivity contribution is 5.87. The topological polar surface area (TPSA) is 46.6 Å². The van der Waals surface area contributed by atoms with Crippen LogP contribution in [-0.4, -0.2) is 84.6 Å². The van der Waals surface area contributed by atoms with E-state index < -0.39 is 77.6 Å². The fourth-order valence-corrected chi connectivity index (χ4v) is 2.04. The fourth-order valence-electron chi connectivity index (χ4n) is 2.04. The molecule has 37 heavy (non-hydrogen) atoms. The van der Waals surface area contributed by atoms with Gasteiger partial charge in [-0.3, -0.25) is 4.79 Å². The van der Waals surface area contributed by atoms with Crippen LogP contribution >= 0.6 is 0 Å². The number of rotatable bonds is 11. The number of esters is 1. The highest BCUT2D eigenvalue weighted by atomic mass is 19.4. The molecular formula is C16H12F17NO3. The molecular weight excluding hydrogens is 577 g/mol. The van der Waals surface area contributed by atoms with Gasteiger partial charge in [0, 0.05) is 12.6 Å². The molecule has 0 saturated heterocycles. The van der Waals surface area contributed by atoms with Gasteiger partial charge in [-0.1, -0.05) is 6.58 Å². The Bertz CT molecular complexity index is 893. The third-order valence-corrected chi connectivity index (χ3v) is 4.35. The van der Waals surface area contributed by atoms with Gasteiger partial charge in [0.2, 0.25) is 0 Å². The monoisotopic (exact) mass is 589 g/mol. The second kappa shape index (κ2) is 9.66. The Balaban J connectivity index is 6.42. The highest BCUT2D eigenvalue weighted by Gasteiger charge is 2.95. The lowest BCUT2D eigenvalue weighted by Gasteiger charge is -2.42. The summed E-state index contributed by atoms with van der Waals surface area (Å²) >= 11 is 0. The van der Waals surface area contributed by atoms with Gasteiger partial charge < -0.3 is 9.64 Å². The van der Waals surface area contributed by atoms with Crippen molar-refractivity contribution in [1.82, 2.24) is 4.90 Å². The summed E-state index contributed by atoms with van der Waals surface area (Å²) in [7, 11) is 0.0594. The normalized spacial score (nSPS) is 14.9. The Hall–Kier alpha value is -2.51. The number of alkyl halides is 17. The van der Waals surface area contributed by atoms with Gasteiger partial charge in [0.15, 0.2) is 0 Å². The minimum absolute atomic E-state index is 0.0594. The van der Waals surface area contributed by atoms with Crippen LogP contribution in [0.1, 0.15) is 6.92 Å². The molecule has 0 aliphatic rings. The molecule has 0 heterocycles. The number of hydrogen-bond donors (Lipinski definition) is 0. The molecule has 0 aliphatic carbocycles. The summed E-state index contributed by atoms with van der Waals surface area (Å²) < 4.78 is 229. The Morgan fingerprint density at radius 3 is 1.30 bits per heavy atom. The van der Waals surface area contributed by atoms with E-state index in [9.17, 15) is 84.2 Å². The van der Waals surface area contributed by atoms with Gasteiger partial charge in [-0.15, -0.1) is 0 Å². The average Bonchev–Trinajstić information content (AvgIpc) is 2.70. The van der Waals surface area contributed by atoms with Crippen molar-refractivity contribution in [3.05, 3.63) is 12.2 Å². The van der Waals surface area contributed by atoms with Crippen LogP contribution in [0.4, 0.5) is 74.6 Å². The molecule has 0 N–H and O–H groups in total.